The smallest absolute Gasteiger partial charge is 0.340 e. The lowest BCUT2D eigenvalue weighted by atomic mass is 10.2. The van der Waals surface area contributed by atoms with E-state index in [2.05, 4.69) is 30.9 Å². The van der Waals surface area contributed by atoms with Gasteiger partial charge in [-0.25, -0.2) is 14.8 Å². The molecule has 0 atom stereocenters. The molecule has 0 aliphatic heterocycles. The molecular weight excluding hydrogens is 346 g/mol. The summed E-state index contributed by atoms with van der Waals surface area (Å²) < 4.78 is 6.02. The van der Waals surface area contributed by atoms with E-state index in [1.54, 1.807) is 12.3 Å². The number of carbonyl (C=O) groups excluding carboxylic acids is 1. The molecule has 110 valence electrons. The van der Waals surface area contributed by atoms with Crippen molar-refractivity contribution in [1.82, 2.24) is 15.0 Å². The van der Waals surface area contributed by atoms with Gasteiger partial charge >= 0.3 is 5.97 Å². The molecule has 2 heterocycles. The normalized spacial score (nSPS) is 10.6. The molecular formula is C16H12BrN3O2. The molecule has 0 fully saturated rings. The molecule has 0 N–H and O–H groups in total. The van der Waals surface area contributed by atoms with Crippen molar-refractivity contribution in [2.75, 3.05) is 0 Å². The Labute approximate surface area is 135 Å². The highest BCUT2D eigenvalue weighted by molar-refractivity contribution is 9.10. The molecule has 22 heavy (non-hydrogen) atoms. The monoisotopic (exact) mass is 357 g/mol. The van der Waals surface area contributed by atoms with E-state index >= 15 is 0 Å². The van der Waals surface area contributed by atoms with Gasteiger partial charge in [0.1, 0.15) is 6.61 Å². The van der Waals surface area contributed by atoms with Crippen LogP contribution >= 0.6 is 15.9 Å². The van der Waals surface area contributed by atoms with Gasteiger partial charge in [0.15, 0.2) is 0 Å². The zero-order chi connectivity index (χ0) is 15.5. The molecule has 6 heteroatoms. The van der Waals surface area contributed by atoms with Crippen molar-refractivity contribution in [2.24, 2.45) is 0 Å². The second-order valence-electron chi connectivity index (χ2n) is 4.71. The number of ether oxygens (including phenoxy) is 1. The van der Waals surface area contributed by atoms with Crippen LogP contribution in [0.3, 0.4) is 0 Å². The molecule has 5 nitrogen and oxygen atoms in total. The van der Waals surface area contributed by atoms with Gasteiger partial charge in [0, 0.05) is 16.9 Å². The Bertz CT molecular complexity index is 852. The number of esters is 1. The van der Waals surface area contributed by atoms with Gasteiger partial charge in [0.25, 0.3) is 0 Å². The van der Waals surface area contributed by atoms with E-state index in [1.165, 1.54) is 6.20 Å². The highest BCUT2D eigenvalue weighted by atomic mass is 79.9. The fourth-order valence-electron chi connectivity index (χ4n) is 2.00. The van der Waals surface area contributed by atoms with Gasteiger partial charge in [-0.1, -0.05) is 12.1 Å². The Morgan fingerprint density at radius 1 is 1.18 bits per heavy atom. The fourth-order valence-corrected chi connectivity index (χ4v) is 2.37. The third-order valence-corrected chi connectivity index (χ3v) is 3.56. The molecule has 0 saturated heterocycles. The zero-order valence-electron chi connectivity index (χ0n) is 11.8. The van der Waals surface area contributed by atoms with Gasteiger partial charge in [-0.3, -0.25) is 4.98 Å². The molecule has 0 radical (unpaired) electrons. The molecule has 0 saturated carbocycles. The van der Waals surface area contributed by atoms with Crippen LogP contribution in [0.2, 0.25) is 0 Å². The highest BCUT2D eigenvalue weighted by Gasteiger charge is 2.11. The number of aromatic nitrogens is 3. The number of carbonyl (C=O) groups is 1. The summed E-state index contributed by atoms with van der Waals surface area (Å²) in [5.74, 6) is -0.442. The zero-order valence-corrected chi connectivity index (χ0v) is 13.4. The van der Waals surface area contributed by atoms with Crippen LogP contribution in [0, 0.1) is 6.92 Å². The Balaban J connectivity index is 1.79. The van der Waals surface area contributed by atoms with Crippen molar-refractivity contribution in [3.05, 3.63) is 64.1 Å². The van der Waals surface area contributed by atoms with E-state index in [-0.39, 0.29) is 6.61 Å². The molecule has 0 aliphatic rings. The van der Waals surface area contributed by atoms with Crippen molar-refractivity contribution in [3.63, 3.8) is 0 Å². The highest BCUT2D eigenvalue weighted by Crippen LogP contribution is 2.15. The maximum atomic E-state index is 12.0. The van der Waals surface area contributed by atoms with E-state index in [9.17, 15) is 4.79 Å². The summed E-state index contributed by atoms with van der Waals surface area (Å²) in [6, 6.07) is 9.25. The van der Waals surface area contributed by atoms with Crippen molar-refractivity contribution < 1.29 is 9.53 Å². The van der Waals surface area contributed by atoms with Crippen LogP contribution < -0.4 is 0 Å². The average Bonchev–Trinajstić information content (AvgIpc) is 2.52. The maximum absolute atomic E-state index is 12.0. The number of pyridine rings is 1. The quantitative estimate of drug-likeness (QED) is 0.671. The van der Waals surface area contributed by atoms with Gasteiger partial charge in [-0.05, 0) is 41.1 Å². The molecule has 0 unspecified atom stereocenters. The molecule has 1 aromatic carbocycles. The van der Waals surface area contributed by atoms with Gasteiger partial charge in [0.05, 0.1) is 28.0 Å². The van der Waals surface area contributed by atoms with Crippen LogP contribution in [0.1, 0.15) is 21.7 Å². The van der Waals surface area contributed by atoms with E-state index in [0.717, 1.165) is 21.2 Å². The van der Waals surface area contributed by atoms with Gasteiger partial charge in [-0.2, -0.15) is 0 Å². The first-order valence-electron chi connectivity index (χ1n) is 6.63. The number of aryl methyl sites for hydroxylation is 1. The van der Waals surface area contributed by atoms with E-state index in [0.29, 0.717) is 11.3 Å². The van der Waals surface area contributed by atoms with Crippen LogP contribution in [0.4, 0.5) is 0 Å². The SMILES string of the molecule is Cc1nc2ccccc2nc1COC(=O)c1cncc(Br)c1. The summed E-state index contributed by atoms with van der Waals surface area (Å²) >= 11 is 3.27. The van der Waals surface area contributed by atoms with E-state index in [1.807, 2.05) is 31.2 Å². The van der Waals surface area contributed by atoms with Gasteiger partial charge in [0.2, 0.25) is 0 Å². The first-order valence-corrected chi connectivity index (χ1v) is 7.43. The number of rotatable bonds is 3. The summed E-state index contributed by atoms with van der Waals surface area (Å²) in [4.78, 5) is 24.9. The number of para-hydroxylation sites is 2. The third-order valence-electron chi connectivity index (χ3n) is 3.12. The first kappa shape index (κ1) is 14.6. The Kier molecular flexibility index (Phi) is 4.11. The number of fused-ring (bicyclic) bond motifs is 1. The lowest BCUT2D eigenvalue weighted by Crippen LogP contribution is -2.08. The summed E-state index contributed by atoms with van der Waals surface area (Å²) in [7, 11) is 0. The number of hydrogen-bond acceptors (Lipinski definition) is 5. The predicted octanol–water partition coefficient (Wildman–Crippen LogP) is 3.45. The molecule has 3 rings (SSSR count). The number of halogens is 1. The molecule has 0 spiro atoms. The largest absolute Gasteiger partial charge is 0.455 e. The van der Waals surface area contributed by atoms with Gasteiger partial charge in [-0.15, -0.1) is 0 Å². The minimum atomic E-state index is -0.442. The summed E-state index contributed by atoms with van der Waals surface area (Å²) in [6.07, 6.45) is 3.07. The average molecular weight is 358 g/mol. The lowest BCUT2D eigenvalue weighted by Gasteiger charge is -2.08. The number of hydrogen-bond donors (Lipinski definition) is 0. The van der Waals surface area contributed by atoms with Crippen LogP contribution in [-0.2, 0) is 11.3 Å². The molecule has 2 aromatic heterocycles. The topological polar surface area (TPSA) is 65.0 Å². The summed E-state index contributed by atoms with van der Waals surface area (Å²) in [6.45, 7) is 1.93. The lowest BCUT2D eigenvalue weighted by molar-refractivity contribution is 0.0466. The Hall–Kier alpha value is -2.34. The van der Waals surface area contributed by atoms with Crippen LogP contribution in [0.25, 0.3) is 11.0 Å². The van der Waals surface area contributed by atoms with E-state index in [4.69, 9.17) is 4.74 Å². The Morgan fingerprint density at radius 3 is 2.64 bits per heavy atom. The van der Waals surface area contributed by atoms with Crippen LogP contribution in [0.15, 0.2) is 47.2 Å². The molecule has 0 amide bonds. The fraction of sp³-hybridized carbons (Fsp3) is 0.125. The number of benzene rings is 1. The maximum Gasteiger partial charge on any atom is 0.340 e. The molecule has 0 bridgehead atoms. The predicted molar refractivity (Wildman–Crippen MR) is 85.3 cm³/mol. The second kappa shape index (κ2) is 6.19. The van der Waals surface area contributed by atoms with Crippen molar-refractivity contribution in [3.8, 4) is 0 Å². The summed E-state index contributed by atoms with van der Waals surface area (Å²) in [5, 5.41) is 0. The van der Waals surface area contributed by atoms with Crippen molar-refractivity contribution in [1.29, 1.82) is 0 Å². The molecule has 0 aliphatic carbocycles. The minimum absolute atomic E-state index is 0.0784. The minimum Gasteiger partial charge on any atom is -0.455 e. The van der Waals surface area contributed by atoms with E-state index < -0.39 is 5.97 Å². The van der Waals surface area contributed by atoms with Crippen LogP contribution in [-0.4, -0.2) is 20.9 Å². The molecule has 3 aromatic rings. The third kappa shape index (κ3) is 3.12. The standard InChI is InChI=1S/C16H12BrN3O2/c1-10-15(20-14-5-3-2-4-13(14)19-10)9-22-16(21)11-6-12(17)8-18-7-11/h2-8H,9H2,1H3. The van der Waals surface area contributed by atoms with Crippen molar-refractivity contribution >= 4 is 32.9 Å². The number of nitrogens with zero attached hydrogens (tertiary/aromatic N) is 3. The van der Waals surface area contributed by atoms with Gasteiger partial charge < -0.3 is 4.74 Å². The Morgan fingerprint density at radius 2 is 1.91 bits per heavy atom. The van der Waals surface area contributed by atoms with Crippen molar-refractivity contribution in [2.45, 2.75) is 13.5 Å². The first-order chi connectivity index (χ1) is 10.6. The second-order valence-corrected chi connectivity index (χ2v) is 5.63. The summed E-state index contributed by atoms with van der Waals surface area (Å²) in [5.41, 5.74) is 3.39. The van der Waals surface area contributed by atoms with Crippen LogP contribution in [0.5, 0.6) is 0 Å².